The Morgan fingerprint density at radius 2 is 1.70 bits per heavy atom. The van der Waals surface area contributed by atoms with Crippen molar-refractivity contribution in [1.82, 2.24) is 15.1 Å². The van der Waals surface area contributed by atoms with Crippen LogP contribution in [0.4, 0.5) is 14.9 Å². The van der Waals surface area contributed by atoms with E-state index in [1.165, 1.54) is 23.3 Å². The van der Waals surface area contributed by atoms with Crippen molar-refractivity contribution in [3.63, 3.8) is 0 Å². The fourth-order valence-electron chi connectivity index (χ4n) is 5.02. The van der Waals surface area contributed by atoms with Crippen LogP contribution in [0.2, 0.25) is 0 Å². The summed E-state index contributed by atoms with van der Waals surface area (Å²) in [4.78, 5) is 43.6. The van der Waals surface area contributed by atoms with Crippen molar-refractivity contribution in [1.29, 1.82) is 0 Å². The van der Waals surface area contributed by atoms with Crippen molar-refractivity contribution in [3.05, 3.63) is 65.0 Å². The molecule has 0 spiro atoms. The normalized spacial score (nSPS) is 22.5. The van der Waals surface area contributed by atoms with Gasteiger partial charge in [-0.2, -0.15) is 0 Å². The van der Waals surface area contributed by atoms with Gasteiger partial charge < -0.3 is 15.1 Å². The molecule has 8 heteroatoms. The maximum atomic E-state index is 13.3. The summed E-state index contributed by atoms with van der Waals surface area (Å²) in [5.74, 6) is -0.938. The van der Waals surface area contributed by atoms with Crippen molar-refractivity contribution in [2.75, 3.05) is 37.6 Å². The van der Waals surface area contributed by atoms with Crippen molar-refractivity contribution < 1.29 is 18.8 Å². The number of hydrogen-bond acceptors (Lipinski definition) is 4. The van der Waals surface area contributed by atoms with Gasteiger partial charge in [0.1, 0.15) is 17.9 Å². The lowest BCUT2D eigenvalue weighted by Crippen LogP contribution is -2.52. The number of carbonyl (C=O) groups excluding carboxylic acids is 3. The van der Waals surface area contributed by atoms with E-state index in [9.17, 15) is 18.8 Å². The van der Waals surface area contributed by atoms with Crippen LogP contribution in [-0.4, -0.2) is 60.4 Å². The molecule has 4 amide bonds. The minimum Gasteiger partial charge on any atom is -0.368 e. The Bertz CT molecular complexity index is 1110. The molecule has 1 atom stereocenters. The highest BCUT2D eigenvalue weighted by Gasteiger charge is 2.50. The molecular formula is C25H27FN4O3. The molecule has 2 aliphatic heterocycles. The van der Waals surface area contributed by atoms with Gasteiger partial charge in [-0.15, -0.1) is 0 Å². The summed E-state index contributed by atoms with van der Waals surface area (Å²) in [5.41, 5.74) is 3.01. The molecule has 2 aromatic rings. The van der Waals surface area contributed by atoms with Gasteiger partial charge in [-0.3, -0.25) is 14.5 Å². The summed E-state index contributed by atoms with van der Waals surface area (Å²) in [6, 6.07) is 11.7. The molecule has 1 unspecified atom stereocenters. The molecule has 1 N–H and O–H groups in total. The van der Waals surface area contributed by atoms with Gasteiger partial charge in [0, 0.05) is 31.9 Å². The number of rotatable bonds is 4. The number of imide groups is 1. The van der Waals surface area contributed by atoms with Crippen molar-refractivity contribution in [2.45, 2.75) is 31.7 Å². The first-order valence-corrected chi connectivity index (χ1v) is 11.4. The van der Waals surface area contributed by atoms with E-state index in [-0.39, 0.29) is 18.3 Å². The molecule has 7 nitrogen and oxygen atoms in total. The Morgan fingerprint density at radius 3 is 2.42 bits per heavy atom. The van der Waals surface area contributed by atoms with Crippen molar-refractivity contribution in [3.8, 4) is 0 Å². The first-order chi connectivity index (χ1) is 15.8. The van der Waals surface area contributed by atoms with Gasteiger partial charge in [-0.05, 0) is 67.1 Å². The average molecular weight is 451 g/mol. The quantitative estimate of drug-likeness (QED) is 0.727. The molecule has 0 bridgehead atoms. The second-order valence-electron chi connectivity index (χ2n) is 9.13. The molecule has 0 saturated carbocycles. The van der Waals surface area contributed by atoms with Crippen LogP contribution in [0.1, 0.15) is 30.0 Å². The van der Waals surface area contributed by atoms with E-state index in [2.05, 4.69) is 10.2 Å². The second-order valence-corrected chi connectivity index (χ2v) is 9.13. The smallest absolute Gasteiger partial charge is 0.325 e. The molecular weight excluding hydrogens is 423 g/mol. The van der Waals surface area contributed by atoms with Gasteiger partial charge in [0.15, 0.2) is 0 Å². The van der Waals surface area contributed by atoms with Gasteiger partial charge in [-0.25, -0.2) is 9.18 Å². The van der Waals surface area contributed by atoms with Crippen LogP contribution in [0, 0.1) is 5.82 Å². The highest BCUT2D eigenvalue weighted by Crippen LogP contribution is 2.32. The lowest BCUT2D eigenvalue weighted by Gasteiger charge is -2.36. The van der Waals surface area contributed by atoms with Crippen LogP contribution in [-0.2, 0) is 28.0 Å². The number of nitrogens with one attached hydrogen (secondary N) is 1. The third-order valence-electron chi connectivity index (χ3n) is 7.07. The Labute approximate surface area is 192 Å². The lowest BCUT2D eigenvalue weighted by atomic mass is 9.89. The SMILES string of the molecule is CC1(c2ccc3c(c2)CCC3)NC(=O)N(CC(=O)N2CCN(c3ccc(F)cc3)CC2)C1=O. The van der Waals surface area contributed by atoms with Crippen LogP contribution in [0.3, 0.4) is 0 Å². The van der Waals surface area contributed by atoms with E-state index in [1.807, 2.05) is 18.2 Å². The second kappa shape index (κ2) is 8.17. The van der Waals surface area contributed by atoms with Crippen molar-refractivity contribution >= 4 is 23.5 Å². The summed E-state index contributed by atoms with van der Waals surface area (Å²) in [6.07, 6.45) is 3.13. The molecule has 0 radical (unpaired) electrons. The van der Waals surface area contributed by atoms with Gasteiger partial charge in [0.2, 0.25) is 5.91 Å². The molecule has 2 saturated heterocycles. The van der Waals surface area contributed by atoms with E-state index in [0.29, 0.717) is 26.2 Å². The first kappa shape index (κ1) is 21.4. The number of hydrogen-bond donors (Lipinski definition) is 1. The number of carbonyl (C=O) groups is 3. The largest absolute Gasteiger partial charge is 0.368 e. The summed E-state index contributed by atoms with van der Waals surface area (Å²) in [7, 11) is 0. The molecule has 3 aliphatic rings. The first-order valence-electron chi connectivity index (χ1n) is 11.4. The Morgan fingerprint density at radius 1 is 1.00 bits per heavy atom. The topological polar surface area (TPSA) is 73.0 Å². The summed E-state index contributed by atoms with van der Waals surface area (Å²) in [6.45, 7) is 3.58. The van der Waals surface area contributed by atoms with Gasteiger partial charge in [-0.1, -0.05) is 18.2 Å². The average Bonchev–Trinajstić information content (AvgIpc) is 3.38. The molecule has 2 aromatic carbocycles. The third-order valence-corrected chi connectivity index (χ3v) is 7.07. The minimum absolute atomic E-state index is 0.254. The number of fused-ring (bicyclic) bond motifs is 1. The molecule has 2 fully saturated rings. The highest BCUT2D eigenvalue weighted by atomic mass is 19.1. The van der Waals surface area contributed by atoms with Crippen LogP contribution < -0.4 is 10.2 Å². The zero-order valence-corrected chi connectivity index (χ0v) is 18.6. The molecule has 1 aliphatic carbocycles. The number of anilines is 1. The summed E-state index contributed by atoms with van der Waals surface area (Å²) < 4.78 is 13.2. The molecule has 2 heterocycles. The number of benzene rings is 2. The zero-order chi connectivity index (χ0) is 23.2. The predicted octanol–water partition coefficient (Wildman–Crippen LogP) is 2.43. The van der Waals surface area contributed by atoms with Gasteiger partial charge >= 0.3 is 6.03 Å². The number of nitrogens with zero attached hydrogens (tertiary/aromatic N) is 3. The van der Waals surface area contributed by atoms with Crippen molar-refractivity contribution in [2.24, 2.45) is 0 Å². The third kappa shape index (κ3) is 3.83. The highest BCUT2D eigenvalue weighted by molar-refractivity contribution is 6.09. The van der Waals surface area contributed by atoms with E-state index in [1.54, 1.807) is 24.0 Å². The van der Waals surface area contributed by atoms with Crippen LogP contribution >= 0.6 is 0 Å². The standard InChI is InChI=1S/C25H27FN4O3/c1-25(19-6-5-17-3-2-4-18(17)15-19)23(32)30(24(33)27-25)16-22(31)29-13-11-28(12-14-29)21-9-7-20(26)8-10-21/h5-10,15H,2-4,11-14,16H2,1H3,(H,27,33). The van der Waals surface area contributed by atoms with Gasteiger partial charge in [0.25, 0.3) is 5.91 Å². The Balaban J connectivity index is 1.23. The summed E-state index contributed by atoms with van der Waals surface area (Å²) in [5, 5.41) is 2.81. The van der Waals surface area contributed by atoms with Gasteiger partial charge in [0.05, 0.1) is 0 Å². The van der Waals surface area contributed by atoms with E-state index < -0.39 is 17.5 Å². The summed E-state index contributed by atoms with van der Waals surface area (Å²) >= 11 is 0. The number of halogens is 1. The maximum absolute atomic E-state index is 13.3. The molecule has 33 heavy (non-hydrogen) atoms. The number of amides is 4. The molecule has 0 aromatic heterocycles. The minimum atomic E-state index is -1.17. The van der Waals surface area contributed by atoms with E-state index in [4.69, 9.17) is 0 Å². The molecule has 5 rings (SSSR count). The fraction of sp³-hybridized carbons (Fsp3) is 0.400. The monoisotopic (exact) mass is 450 g/mol. The fourth-order valence-corrected chi connectivity index (χ4v) is 5.02. The number of urea groups is 1. The van der Waals surface area contributed by atoms with Crippen LogP contribution in [0.25, 0.3) is 0 Å². The number of piperazine rings is 1. The lowest BCUT2D eigenvalue weighted by molar-refractivity contribution is -0.139. The Kier molecular flexibility index (Phi) is 5.31. The van der Waals surface area contributed by atoms with E-state index in [0.717, 1.165) is 35.4 Å². The zero-order valence-electron chi connectivity index (χ0n) is 18.6. The number of aryl methyl sites for hydroxylation is 2. The molecule has 172 valence electrons. The maximum Gasteiger partial charge on any atom is 0.325 e. The van der Waals surface area contributed by atoms with Crippen LogP contribution in [0.5, 0.6) is 0 Å². The predicted molar refractivity (Wildman–Crippen MR) is 121 cm³/mol. The van der Waals surface area contributed by atoms with Crippen LogP contribution in [0.15, 0.2) is 42.5 Å². The Hall–Kier alpha value is -3.42. The van der Waals surface area contributed by atoms with E-state index >= 15 is 0 Å².